The summed E-state index contributed by atoms with van der Waals surface area (Å²) in [7, 11) is 0. The normalized spacial score (nSPS) is 10.8. The van der Waals surface area contributed by atoms with E-state index >= 15 is 0 Å². The Kier molecular flexibility index (Phi) is 3.30. The van der Waals surface area contributed by atoms with E-state index in [9.17, 15) is 4.39 Å². The van der Waals surface area contributed by atoms with Crippen LogP contribution in [-0.4, -0.2) is 11.6 Å². The molecule has 1 heterocycles. The van der Waals surface area contributed by atoms with Crippen LogP contribution in [0.1, 0.15) is 6.92 Å². The van der Waals surface area contributed by atoms with E-state index in [4.69, 9.17) is 16.3 Å². The number of benzene rings is 1. The molecule has 0 atom stereocenters. The molecule has 0 saturated carbocycles. The molecule has 1 aromatic heterocycles. The van der Waals surface area contributed by atoms with Crippen molar-refractivity contribution in [1.29, 1.82) is 0 Å². The molecule has 0 bridgehead atoms. The molecule has 2 nitrogen and oxygen atoms in total. The van der Waals surface area contributed by atoms with Gasteiger partial charge in [-0.25, -0.2) is 4.39 Å². The van der Waals surface area contributed by atoms with Crippen LogP contribution in [0, 0.1) is 5.82 Å². The van der Waals surface area contributed by atoms with Gasteiger partial charge in [-0.15, -0.1) is 0 Å². The van der Waals surface area contributed by atoms with Crippen LogP contribution in [0.15, 0.2) is 22.8 Å². The Morgan fingerprint density at radius 3 is 2.94 bits per heavy atom. The molecule has 84 valence electrons. The summed E-state index contributed by atoms with van der Waals surface area (Å²) in [5.41, 5.74) is 0.508. The summed E-state index contributed by atoms with van der Waals surface area (Å²) < 4.78 is 19.4. The van der Waals surface area contributed by atoms with E-state index in [1.165, 1.54) is 6.07 Å². The second kappa shape index (κ2) is 4.55. The molecule has 0 aliphatic carbocycles. The van der Waals surface area contributed by atoms with E-state index in [1.54, 1.807) is 19.2 Å². The average molecular weight is 305 g/mol. The molecule has 0 aliphatic rings. The molecular formula is C11H8BrClFNO. The molecule has 1 aromatic carbocycles. The van der Waals surface area contributed by atoms with Crippen molar-refractivity contribution in [2.24, 2.45) is 0 Å². The highest BCUT2D eigenvalue weighted by atomic mass is 79.9. The van der Waals surface area contributed by atoms with Crippen molar-refractivity contribution >= 4 is 38.4 Å². The maximum absolute atomic E-state index is 13.5. The maximum atomic E-state index is 13.5. The lowest BCUT2D eigenvalue weighted by Gasteiger charge is -2.07. The zero-order valence-corrected chi connectivity index (χ0v) is 10.8. The van der Waals surface area contributed by atoms with Crippen LogP contribution in [0.2, 0.25) is 5.02 Å². The third-order valence-electron chi connectivity index (χ3n) is 2.11. The van der Waals surface area contributed by atoms with Crippen LogP contribution in [0.5, 0.6) is 5.75 Å². The standard InChI is InChI=1S/C11H8BrClFNO/c1-2-16-10-3-6-9(4-8(10)14)15-5-7(12)11(6)13/h3-5H,2H2,1H3. The predicted molar refractivity (Wildman–Crippen MR) is 65.6 cm³/mol. The van der Waals surface area contributed by atoms with Gasteiger partial charge in [-0.1, -0.05) is 11.6 Å². The Morgan fingerprint density at radius 1 is 1.50 bits per heavy atom. The van der Waals surface area contributed by atoms with Crippen molar-refractivity contribution in [3.05, 3.63) is 33.6 Å². The maximum Gasteiger partial charge on any atom is 0.167 e. The Hall–Kier alpha value is -0.870. The summed E-state index contributed by atoms with van der Waals surface area (Å²) in [6.07, 6.45) is 1.55. The third-order valence-corrected chi connectivity index (χ3v) is 3.35. The fourth-order valence-electron chi connectivity index (χ4n) is 1.40. The summed E-state index contributed by atoms with van der Waals surface area (Å²) in [6.45, 7) is 2.20. The van der Waals surface area contributed by atoms with Crippen molar-refractivity contribution in [1.82, 2.24) is 4.98 Å². The topological polar surface area (TPSA) is 22.1 Å². The van der Waals surface area contributed by atoms with Crippen molar-refractivity contribution in [3.8, 4) is 5.75 Å². The van der Waals surface area contributed by atoms with Crippen molar-refractivity contribution in [3.63, 3.8) is 0 Å². The molecule has 0 unspecified atom stereocenters. The Bertz CT molecular complexity index is 547. The van der Waals surface area contributed by atoms with Crippen molar-refractivity contribution in [2.45, 2.75) is 6.92 Å². The fraction of sp³-hybridized carbons (Fsp3) is 0.182. The molecule has 2 rings (SSSR count). The second-order valence-electron chi connectivity index (χ2n) is 3.15. The summed E-state index contributed by atoms with van der Waals surface area (Å²) in [6, 6.07) is 2.88. The average Bonchev–Trinajstić information content (AvgIpc) is 2.26. The number of aromatic nitrogens is 1. The SMILES string of the molecule is CCOc1cc2c(Cl)c(Br)cnc2cc1F. The highest BCUT2D eigenvalue weighted by molar-refractivity contribution is 9.10. The van der Waals surface area contributed by atoms with E-state index in [0.29, 0.717) is 27.0 Å². The van der Waals surface area contributed by atoms with Gasteiger partial charge in [0.15, 0.2) is 11.6 Å². The molecule has 0 amide bonds. The Labute approximate surface area is 106 Å². The lowest BCUT2D eigenvalue weighted by Crippen LogP contribution is -1.95. The van der Waals surface area contributed by atoms with Gasteiger partial charge in [0.05, 0.1) is 21.6 Å². The zero-order valence-electron chi connectivity index (χ0n) is 8.43. The molecule has 2 aromatic rings. The highest BCUT2D eigenvalue weighted by Gasteiger charge is 2.10. The molecule has 0 aliphatic heterocycles. The summed E-state index contributed by atoms with van der Waals surface area (Å²) in [4.78, 5) is 4.08. The van der Waals surface area contributed by atoms with Gasteiger partial charge in [-0.05, 0) is 28.9 Å². The van der Waals surface area contributed by atoms with Crippen LogP contribution in [0.25, 0.3) is 10.9 Å². The monoisotopic (exact) mass is 303 g/mol. The van der Waals surface area contributed by atoms with Gasteiger partial charge in [0.1, 0.15) is 0 Å². The number of rotatable bonds is 2. The lowest BCUT2D eigenvalue weighted by atomic mass is 10.2. The van der Waals surface area contributed by atoms with E-state index in [-0.39, 0.29) is 5.75 Å². The van der Waals surface area contributed by atoms with Crippen LogP contribution >= 0.6 is 27.5 Å². The highest BCUT2D eigenvalue weighted by Crippen LogP contribution is 2.33. The third kappa shape index (κ3) is 1.99. The number of halogens is 3. The Balaban J connectivity index is 2.70. The predicted octanol–water partition coefficient (Wildman–Crippen LogP) is 4.19. The number of fused-ring (bicyclic) bond motifs is 1. The first-order valence-corrected chi connectivity index (χ1v) is 5.86. The summed E-state index contributed by atoms with van der Waals surface area (Å²) >= 11 is 9.35. The Morgan fingerprint density at radius 2 is 2.25 bits per heavy atom. The zero-order chi connectivity index (χ0) is 11.7. The van der Waals surface area contributed by atoms with Gasteiger partial charge in [0, 0.05) is 17.6 Å². The van der Waals surface area contributed by atoms with Crippen molar-refractivity contribution in [2.75, 3.05) is 6.61 Å². The smallest absolute Gasteiger partial charge is 0.167 e. The van der Waals surface area contributed by atoms with E-state index in [1.807, 2.05) is 0 Å². The van der Waals surface area contributed by atoms with Crippen LogP contribution < -0.4 is 4.74 Å². The molecule has 16 heavy (non-hydrogen) atoms. The minimum absolute atomic E-state index is 0.191. The minimum Gasteiger partial charge on any atom is -0.491 e. The molecular weight excluding hydrogens is 296 g/mol. The number of hydrogen-bond donors (Lipinski definition) is 0. The molecule has 0 radical (unpaired) electrons. The molecule has 0 N–H and O–H groups in total. The van der Waals surface area contributed by atoms with Crippen LogP contribution in [0.4, 0.5) is 4.39 Å². The first-order valence-electron chi connectivity index (χ1n) is 4.69. The molecule has 0 fully saturated rings. The molecule has 0 spiro atoms. The van der Waals surface area contributed by atoms with Crippen molar-refractivity contribution < 1.29 is 9.13 Å². The lowest BCUT2D eigenvalue weighted by molar-refractivity contribution is 0.322. The number of hydrogen-bond acceptors (Lipinski definition) is 2. The number of nitrogens with zero attached hydrogens (tertiary/aromatic N) is 1. The number of ether oxygens (including phenoxy) is 1. The van der Waals surface area contributed by atoms with E-state index in [2.05, 4.69) is 20.9 Å². The van der Waals surface area contributed by atoms with Crippen LogP contribution in [-0.2, 0) is 0 Å². The quantitative estimate of drug-likeness (QED) is 0.830. The molecule has 5 heteroatoms. The van der Waals surface area contributed by atoms with Gasteiger partial charge in [-0.2, -0.15) is 0 Å². The molecule has 0 saturated heterocycles. The largest absolute Gasteiger partial charge is 0.491 e. The first-order chi connectivity index (χ1) is 7.63. The van der Waals surface area contributed by atoms with E-state index in [0.717, 1.165) is 0 Å². The summed E-state index contributed by atoms with van der Waals surface area (Å²) in [5, 5.41) is 1.17. The van der Waals surface area contributed by atoms with Gasteiger partial charge in [0.25, 0.3) is 0 Å². The minimum atomic E-state index is -0.430. The van der Waals surface area contributed by atoms with Crippen LogP contribution in [0.3, 0.4) is 0 Å². The second-order valence-corrected chi connectivity index (χ2v) is 4.39. The number of pyridine rings is 1. The fourth-order valence-corrected chi connectivity index (χ4v) is 1.92. The van der Waals surface area contributed by atoms with Gasteiger partial charge in [-0.3, -0.25) is 4.98 Å². The summed E-state index contributed by atoms with van der Waals surface area (Å²) in [5.74, 6) is -0.239. The van der Waals surface area contributed by atoms with E-state index < -0.39 is 5.82 Å². The van der Waals surface area contributed by atoms with Gasteiger partial charge in [0.2, 0.25) is 0 Å². The first kappa shape index (κ1) is 11.6. The van der Waals surface area contributed by atoms with Gasteiger partial charge < -0.3 is 4.74 Å². The van der Waals surface area contributed by atoms with Gasteiger partial charge >= 0.3 is 0 Å².